The van der Waals surface area contributed by atoms with Gasteiger partial charge in [-0.1, -0.05) is 80.6 Å². The monoisotopic (exact) mass is 408 g/mol. The van der Waals surface area contributed by atoms with E-state index in [0.717, 1.165) is 13.0 Å². The third kappa shape index (κ3) is 18.0. The number of hydrogen-bond acceptors (Lipinski definition) is 4. The maximum atomic E-state index is 7.00. The average Bonchev–Trinajstić information content (AvgIpc) is 3.55. The van der Waals surface area contributed by atoms with E-state index in [9.17, 15) is 0 Å². The minimum atomic E-state index is 0.564. The first-order valence-corrected chi connectivity index (χ1v) is 12.8. The minimum absolute atomic E-state index is 0.564. The van der Waals surface area contributed by atoms with Crippen LogP contribution in [0.2, 0.25) is 0 Å². The lowest BCUT2D eigenvalue weighted by molar-refractivity contribution is 0.186. The molecule has 3 fully saturated rings. The highest BCUT2D eigenvalue weighted by Crippen LogP contribution is 2.40. The molecule has 0 aromatic carbocycles. The molecular weight excluding hydrogens is 356 g/mol. The fourth-order valence-corrected chi connectivity index (χ4v) is 3.92. The second-order valence-corrected chi connectivity index (χ2v) is 6.73. The van der Waals surface area contributed by atoms with Gasteiger partial charge in [0.2, 0.25) is 0 Å². The van der Waals surface area contributed by atoms with Gasteiger partial charge in [-0.25, -0.2) is 0 Å². The summed E-state index contributed by atoms with van der Waals surface area (Å²) in [5, 5.41) is 7.00. The Morgan fingerprint density at radius 1 is 0.852 bits per heavy atom. The number of epoxide rings is 1. The molecule has 2 saturated carbocycles. The van der Waals surface area contributed by atoms with Gasteiger partial charge in [0.1, 0.15) is 0 Å². The Labute approximate surface area is 176 Å². The van der Waals surface area contributed by atoms with Crippen molar-refractivity contribution in [2.24, 2.45) is 5.92 Å². The van der Waals surface area contributed by atoms with Crippen molar-refractivity contribution < 1.29 is 14.0 Å². The van der Waals surface area contributed by atoms with Crippen molar-refractivity contribution in [2.75, 3.05) is 13.4 Å². The van der Waals surface area contributed by atoms with E-state index in [1.807, 2.05) is 47.8 Å². The number of aliphatic hydroxyl groups is 1. The molecule has 3 rings (SSSR count). The quantitative estimate of drug-likeness (QED) is 0.383. The Kier molecular flexibility index (Phi) is 31.0. The molecule has 0 amide bonds. The molecule has 3 atom stereocenters. The summed E-state index contributed by atoms with van der Waals surface area (Å²) >= 11 is 1.51. The van der Waals surface area contributed by atoms with Gasteiger partial charge in [0.05, 0.1) is 18.3 Å². The Balaban J connectivity index is -0.000000314. The molecule has 0 aromatic rings. The van der Waals surface area contributed by atoms with E-state index < -0.39 is 0 Å². The summed E-state index contributed by atoms with van der Waals surface area (Å²) in [4.78, 5) is 0. The van der Waals surface area contributed by atoms with Gasteiger partial charge in [-0.15, -0.1) is 0 Å². The number of hydrogen-bond donors (Lipinski definition) is 1. The highest BCUT2D eigenvalue weighted by molar-refractivity contribution is 7.93. The molecule has 1 aliphatic heterocycles. The predicted octanol–water partition coefficient (Wildman–Crippen LogP) is 7.65. The Bertz CT molecular complexity index is 243. The molecule has 0 aromatic heterocycles. The summed E-state index contributed by atoms with van der Waals surface area (Å²) in [7, 11) is 1.00. The first kappa shape index (κ1) is 31.9. The van der Waals surface area contributed by atoms with Crippen LogP contribution in [0, 0.1) is 5.92 Å². The summed E-state index contributed by atoms with van der Waals surface area (Å²) in [6, 6.07) is 0. The van der Waals surface area contributed by atoms with Crippen LogP contribution >= 0.6 is 12.0 Å². The lowest BCUT2D eigenvalue weighted by Crippen LogP contribution is -2.12. The topological polar surface area (TPSA) is 42.0 Å². The average molecular weight is 409 g/mol. The van der Waals surface area contributed by atoms with E-state index in [1.165, 1.54) is 76.3 Å². The summed E-state index contributed by atoms with van der Waals surface area (Å²) in [5.74, 6) is 0.994. The van der Waals surface area contributed by atoms with E-state index in [2.05, 4.69) is 6.92 Å². The van der Waals surface area contributed by atoms with Crippen LogP contribution in [0.5, 0.6) is 0 Å². The molecule has 3 aliphatic rings. The highest BCUT2D eigenvalue weighted by Gasteiger charge is 2.43. The fourth-order valence-electron chi connectivity index (χ4n) is 3.45. The van der Waals surface area contributed by atoms with Gasteiger partial charge in [-0.05, 0) is 50.1 Å². The maximum absolute atomic E-state index is 7.00. The smallest absolute Gasteiger partial charge is 0.0844 e. The molecular formula is C23H52O3S. The third-order valence-corrected chi connectivity index (χ3v) is 5.06. The Morgan fingerprint density at radius 2 is 1.41 bits per heavy atom. The first-order valence-electron chi connectivity index (χ1n) is 11.6. The highest BCUT2D eigenvalue weighted by atomic mass is 32.2. The van der Waals surface area contributed by atoms with Crippen molar-refractivity contribution >= 4 is 12.0 Å². The number of aliphatic hydroxyl groups excluding tert-OH is 1. The molecule has 168 valence electrons. The van der Waals surface area contributed by atoms with Gasteiger partial charge < -0.3 is 14.0 Å². The van der Waals surface area contributed by atoms with Gasteiger partial charge >= 0.3 is 0 Å². The lowest BCUT2D eigenvalue weighted by Gasteiger charge is -2.19. The van der Waals surface area contributed by atoms with Gasteiger partial charge in [-0.2, -0.15) is 0 Å². The zero-order valence-corrected chi connectivity index (χ0v) is 20.9. The van der Waals surface area contributed by atoms with Crippen LogP contribution in [0.4, 0.5) is 0 Å². The van der Waals surface area contributed by atoms with Crippen molar-refractivity contribution in [3.63, 3.8) is 0 Å². The second kappa shape index (κ2) is 26.2. The van der Waals surface area contributed by atoms with Crippen molar-refractivity contribution in [2.45, 2.75) is 131 Å². The van der Waals surface area contributed by atoms with E-state index in [1.54, 1.807) is 0 Å². The van der Waals surface area contributed by atoms with Crippen LogP contribution < -0.4 is 0 Å². The molecule has 0 radical (unpaired) electrons. The maximum Gasteiger partial charge on any atom is 0.0844 e. The molecule has 2 aliphatic carbocycles. The van der Waals surface area contributed by atoms with E-state index in [4.69, 9.17) is 14.0 Å². The van der Waals surface area contributed by atoms with Crippen LogP contribution in [-0.4, -0.2) is 36.8 Å². The first-order chi connectivity index (χ1) is 13.3. The number of fused-ring (bicyclic) bond motifs is 1. The Hall–Kier alpha value is 0.230. The SMILES string of the molecule is CC.CC.CC.CCCC1CCC2OC2C1.CO.CSOC1CCCCC1. The summed E-state index contributed by atoms with van der Waals surface area (Å²) in [6.45, 7) is 14.3. The standard InChI is InChI=1S/C9H16O.C7H14OS.3C2H6.CH4O/c1-2-3-7-4-5-8-9(6-7)10-8;1-9-8-7-5-3-2-4-6-7;4*1-2/h7-9H,2-6H2,1H3;7H,2-6H2,1H3;3*1-2H3;2H,1H3. The molecule has 3 unspecified atom stereocenters. The van der Waals surface area contributed by atoms with E-state index in [-0.39, 0.29) is 0 Å². The molecule has 0 bridgehead atoms. The van der Waals surface area contributed by atoms with Gasteiger partial charge in [0, 0.05) is 13.4 Å². The normalized spacial score (nSPS) is 24.9. The zero-order chi connectivity index (χ0) is 21.5. The molecule has 1 heterocycles. The van der Waals surface area contributed by atoms with Crippen LogP contribution in [0.1, 0.15) is 113 Å². The summed E-state index contributed by atoms with van der Waals surface area (Å²) in [6.07, 6.45) is 17.5. The molecule has 1 N–H and O–H groups in total. The van der Waals surface area contributed by atoms with Crippen molar-refractivity contribution in [1.29, 1.82) is 0 Å². The van der Waals surface area contributed by atoms with Crippen LogP contribution in [0.15, 0.2) is 0 Å². The van der Waals surface area contributed by atoms with Crippen molar-refractivity contribution in [3.8, 4) is 0 Å². The Morgan fingerprint density at radius 3 is 1.85 bits per heavy atom. The predicted molar refractivity (Wildman–Crippen MR) is 125 cm³/mol. The lowest BCUT2D eigenvalue weighted by atomic mass is 9.86. The largest absolute Gasteiger partial charge is 0.400 e. The fraction of sp³-hybridized carbons (Fsp3) is 1.00. The van der Waals surface area contributed by atoms with Crippen LogP contribution in [0.25, 0.3) is 0 Å². The molecule has 4 heteroatoms. The molecule has 3 nitrogen and oxygen atoms in total. The molecule has 1 saturated heterocycles. The van der Waals surface area contributed by atoms with Crippen molar-refractivity contribution in [1.82, 2.24) is 0 Å². The summed E-state index contributed by atoms with van der Waals surface area (Å²) in [5.41, 5.74) is 0. The van der Waals surface area contributed by atoms with Gasteiger partial charge in [-0.3, -0.25) is 0 Å². The molecule has 0 spiro atoms. The number of ether oxygens (including phenoxy) is 1. The minimum Gasteiger partial charge on any atom is -0.400 e. The third-order valence-electron chi connectivity index (χ3n) is 4.59. The molecule has 27 heavy (non-hydrogen) atoms. The van der Waals surface area contributed by atoms with Gasteiger partial charge in [0.15, 0.2) is 0 Å². The summed E-state index contributed by atoms with van der Waals surface area (Å²) < 4.78 is 10.9. The van der Waals surface area contributed by atoms with Crippen molar-refractivity contribution in [3.05, 3.63) is 0 Å². The van der Waals surface area contributed by atoms with Crippen LogP contribution in [0.3, 0.4) is 0 Å². The van der Waals surface area contributed by atoms with E-state index >= 15 is 0 Å². The zero-order valence-electron chi connectivity index (χ0n) is 20.1. The van der Waals surface area contributed by atoms with Crippen LogP contribution in [-0.2, 0) is 8.92 Å². The van der Waals surface area contributed by atoms with E-state index in [0.29, 0.717) is 18.3 Å². The van der Waals surface area contributed by atoms with Gasteiger partial charge in [0.25, 0.3) is 0 Å². The second-order valence-electron chi connectivity index (χ2n) is 6.20. The number of rotatable bonds is 4.